The van der Waals surface area contributed by atoms with Crippen LogP contribution in [0.3, 0.4) is 0 Å². The van der Waals surface area contributed by atoms with E-state index in [2.05, 4.69) is 71.4 Å². The van der Waals surface area contributed by atoms with Crippen LogP contribution in [0.15, 0.2) is 48.1 Å². The number of hydroxylamine groups is 1. The lowest BCUT2D eigenvalue weighted by Crippen LogP contribution is -2.65. The van der Waals surface area contributed by atoms with Crippen LogP contribution in [0.4, 0.5) is 15.3 Å². The number of aliphatic hydroxyl groups is 6. The van der Waals surface area contributed by atoms with Gasteiger partial charge in [-0.25, -0.2) is 14.3 Å². The predicted molar refractivity (Wildman–Crippen MR) is 554 cm³/mol. The number of alkyl carbamates (subject to hydrolysis) is 2. The molecule has 1 aliphatic carbocycles. The van der Waals surface area contributed by atoms with Crippen LogP contribution in [0.5, 0.6) is 17.2 Å². The number of amides is 7. The van der Waals surface area contributed by atoms with Crippen LogP contribution in [0.2, 0.25) is 0 Å². The van der Waals surface area contributed by atoms with Gasteiger partial charge in [-0.3, -0.25) is 38.4 Å². The molecule has 4 saturated heterocycles. The number of aryl methyl sites for hydroxylation is 1. The molecule has 1 saturated carbocycles. The molecule has 0 radical (unpaired) electrons. The van der Waals surface area contributed by atoms with Crippen molar-refractivity contribution in [1.29, 1.82) is 0 Å². The summed E-state index contributed by atoms with van der Waals surface area (Å²) >= 11 is 6.06. The maximum Gasteiger partial charge on any atom is 0.407 e. The third-order valence-corrected chi connectivity index (χ3v) is 31.5. The Kier molecular flexibility index (Phi) is 53.5. The van der Waals surface area contributed by atoms with Gasteiger partial charge in [0.25, 0.3) is 0 Å². The molecule has 8 rings (SSSR count). The zero-order chi connectivity index (χ0) is 107. The fraction of sp³-hybridized carbons (Fsp3) is 0.680. The summed E-state index contributed by atoms with van der Waals surface area (Å²) in [6, 6.07) is 0.844. The lowest BCUT2D eigenvalue weighted by molar-refractivity contribution is -0.340. The highest BCUT2D eigenvalue weighted by molar-refractivity contribution is 14.1. The third kappa shape index (κ3) is 36.7. The molecule has 49 heteroatoms. The van der Waals surface area contributed by atoms with E-state index in [9.17, 15) is 68.7 Å². The zero-order valence-corrected chi connectivity index (χ0v) is 91.9. The SMILES string of the molecule is CC#C/C=C\C#C[C@H](OC1OC(C)C(NOC2CC(O)C(SC(=O)c3c(C)c(I)c(OC4OC(C)C(O)C(OC)C4O)c(OC)c3OC)C(C)O2)C(O)C1OC1CC(OC)C(N(CC)C(=O)CNC(=O)OCc2ccc(NC(=O)[C@H](C)NC(=O)[C@@H](NC(=O)CCCn3nnc(CSC)c3CSC)C(C)C)cc2)CO1)C1/C(=C\CSSC(C)(C)CCC(=O)NCCOCCOCCOCCO)[C@@H](O)CC(=O)C1NC(=O)OC. The summed E-state index contributed by atoms with van der Waals surface area (Å²) in [6.07, 6.45) is -13.8. The molecule has 0 bridgehead atoms. The Morgan fingerprint density at radius 1 is 0.767 bits per heavy atom. The Balaban J connectivity index is 0.963. The molecule has 3 aromatic rings. The highest BCUT2D eigenvalue weighted by Gasteiger charge is 2.54. The molecule has 146 heavy (non-hydrogen) atoms. The molecule has 1 aromatic heterocycles. The monoisotopic (exact) mass is 2260 g/mol. The van der Waals surface area contributed by atoms with Crippen molar-refractivity contribution in [2.45, 2.75) is 284 Å². The van der Waals surface area contributed by atoms with Gasteiger partial charge in [0.05, 0.1) is 149 Å². The second-order valence-corrected chi connectivity index (χ2v) is 42.7. The second kappa shape index (κ2) is 63.1. The number of nitrogens with zero attached hydrogens (tertiary/aromatic N) is 4. The minimum Gasteiger partial charge on any atom is -0.492 e. The Labute approximate surface area is 886 Å². The molecular formula is C97H144IN11O32S5. The minimum atomic E-state index is -1.75. The summed E-state index contributed by atoms with van der Waals surface area (Å²) in [5.74, 6) is 8.84. The van der Waals surface area contributed by atoms with Crippen molar-refractivity contribution < 1.29 is 154 Å². The molecule has 2 aromatic carbocycles. The third-order valence-electron chi connectivity index (χ3n) is 24.4. The van der Waals surface area contributed by atoms with Crippen molar-refractivity contribution in [3.8, 4) is 40.9 Å². The number of carbonyl (C=O) groups excluding carboxylic acids is 9. The van der Waals surface area contributed by atoms with Gasteiger partial charge < -0.3 is 143 Å². The lowest BCUT2D eigenvalue weighted by atomic mass is 9.74. The van der Waals surface area contributed by atoms with Gasteiger partial charge >= 0.3 is 12.2 Å². The number of carbonyl (C=O) groups is 9. The van der Waals surface area contributed by atoms with E-state index in [0.717, 1.165) is 41.8 Å². The van der Waals surface area contributed by atoms with E-state index in [4.69, 9.17) is 85.7 Å². The lowest BCUT2D eigenvalue weighted by Gasteiger charge is -2.48. The average Bonchev–Trinajstić information content (AvgIpc) is 0.793. The number of Topliss-reactive ketones (excluding diaryl/α,β-unsaturated/α-hetero) is 1. The van der Waals surface area contributed by atoms with E-state index in [0.29, 0.717) is 66.2 Å². The highest BCUT2D eigenvalue weighted by atomic mass is 127. The molecule has 23 atom stereocenters. The van der Waals surface area contributed by atoms with Crippen LogP contribution < -0.4 is 51.6 Å². The van der Waals surface area contributed by atoms with E-state index in [1.165, 1.54) is 74.0 Å². The molecule has 4 aliphatic heterocycles. The standard InChI is InChI=1S/C97H144IN11O32S5/c1-19-21-22-23-24-26-68(76-61(65(111)45-66(112)80(76)104-96(124)129-16)33-44-144-146-97(10,11)34-32-70(114)99-35-38-130-40-42-132-43-41-131-39-37-110)138-94-87(82(118)79(56(7)136-94)106-141-74-46-67(113)89(58(9)135-74)145-92(122)75-54(5)77(98)85(88(128-15)84(75)126-13)140-93-83(119)86(127-14)81(117)57(8)137-93)139-73-47-69(125-12)63(50-133-73)108(20-2)72(116)48-100-95(123)134-49-59-28-30-60(31-29-59)102-90(120)55(6)101-91(121)78(53(3)4)103-71(115)27-25-36-109-64(52-143-18)62(51-142-17)105-107-109/h22-23,28-31,33,53,55-58,63,65,67-69,73-74,76,78-83,86-87,89,93-94,106,110-111,113,117-119H,20,25,27,32,34-52H2,1-18H3,(H,99,114)(H,100,123)(H,101,121)(H,102,120)(H,103,115)(H,104,124)/b23-22-,61-33-/t55-,56?,57?,58?,63?,65-,67?,68-,69?,73?,74?,76?,78-,79?,80?,81?,82?,83?,86?,87?,89?,93?,94?/m0/s1. The van der Waals surface area contributed by atoms with Crippen molar-refractivity contribution in [1.82, 2.24) is 52.0 Å². The van der Waals surface area contributed by atoms with Gasteiger partial charge in [-0.15, -0.1) is 11.0 Å². The Morgan fingerprint density at radius 3 is 2.11 bits per heavy atom. The van der Waals surface area contributed by atoms with Gasteiger partial charge in [-0.1, -0.05) is 88.4 Å². The number of hydrogen-bond donors (Lipinski definition) is 13. The van der Waals surface area contributed by atoms with E-state index in [1.54, 1.807) is 109 Å². The predicted octanol–water partition coefficient (Wildman–Crippen LogP) is 5.55. The normalized spacial score (nSPS) is 25.7. The molecule has 5 heterocycles. The number of ether oxygens (including phenoxy) is 16. The number of aliphatic hydroxyl groups excluding tert-OH is 6. The fourth-order valence-electron chi connectivity index (χ4n) is 16.6. The Morgan fingerprint density at radius 2 is 1.46 bits per heavy atom. The summed E-state index contributed by atoms with van der Waals surface area (Å²) in [5.41, 5.74) is 6.38. The number of allylic oxidation sites excluding steroid dienone is 2. The number of ketones is 1. The summed E-state index contributed by atoms with van der Waals surface area (Å²) < 4.78 is 97.3. The largest absolute Gasteiger partial charge is 0.492 e. The fourth-order valence-corrected chi connectivity index (χ4v) is 21.9. The van der Waals surface area contributed by atoms with Gasteiger partial charge in [0.1, 0.15) is 67.9 Å². The molecule has 816 valence electrons. The first-order chi connectivity index (χ1) is 69.8. The highest BCUT2D eigenvalue weighted by Crippen LogP contribution is 2.50. The number of aromatic nitrogens is 3. The first-order valence-corrected chi connectivity index (χ1v) is 55.2. The summed E-state index contributed by atoms with van der Waals surface area (Å²) in [7, 11) is 9.40. The maximum atomic E-state index is 14.8. The maximum absolute atomic E-state index is 14.8. The first-order valence-electron chi connectivity index (χ1n) is 48.1. The van der Waals surface area contributed by atoms with Crippen molar-refractivity contribution >= 4 is 138 Å². The van der Waals surface area contributed by atoms with Crippen molar-refractivity contribution in [2.75, 3.05) is 132 Å². The number of nitrogens with one attached hydrogen (secondary N) is 7. The molecule has 19 unspecified atom stereocenters. The molecule has 5 aliphatic rings. The molecule has 5 fully saturated rings. The van der Waals surface area contributed by atoms with E-state index in [1.807, 2.05) is 53.6 Å². The number of hydrogen-bond acceptors (Lipinski definition) is 40. The van der Waals surface area contributed by atoms with Gasteiger partial charge in [-0.2, -0.15) is 29.0 Å². The van der Waals surface area contributed by atoms with E-state index < -0.39 is 198 Å². The number of likely N-dealkylation sites (N-methyl/N-ethyl adjacent to an activating group) is 1. The van der Waals surface area contributed by atoms with Crippen LogP contribution in [0.1, 0.15) is 147 Å². The quantitative estimate of drug-likeness (QED) is 0.00822. The van der Waals surface area contributed by atoms with Crippen LogP contribution in [0, 0.1) is 46.0 Å². The number of benzene rings is 2. The zero-order valence-electron chi connectivity index (χ0n) is 85.7. The summed E-state index contributed by atoms with van der Waals surface area (Å²) in [5, 5.41) is 91.6. The van der Waals surface area contributed by atoms with Gasteiger partial charge in [0.15, 0.2) is 36.2 Å². The summed E-state index contributed by atoms with van der Waals surface area (Å²) in [4.78, 5) is 131. The van der Waals surface area contributed by atoms with E-state index in [-0.39, 0.29) is 124 Å². The average molecular weight is 2260 g/mol. The first kappa shape index (κ1) is 124. The van der Waals surface area contributed by atoms with Crippen molar-refractivity contribution in [2.24, 2.45) is 11.8 Å². The molecule has 7 amide bonds. The Hall–Kier alpha value is -7.47. The van der Waals surface area contributed by atoms with Crippen LogP contribution in [-0.2, 0) is 120 Å². The second-order valence-electron chi connectivity index (χ2n) is 35.7. The van der Waals surface area contributed by atoms with Crippen LogP contribution in [-0.4, -0.2) is 368 Å². The van der Waals surface area contributed by atoms with Gasteiger partial charge in [0, 0.05) is 99.6 Å². The topological polar surface area (TPSA) is 550 Å². The molecular weight excluding hydrogens is 2120 g/mol. The number of rotatable bonds is 55. The number of anilines is 1. The van der Waals surface area contributed by atoms with Gasteiger partial charge in [0.2, 0.25) is 46.7 Å². The minimum absolute atomic E-state index is 0.0172. The molecule has 0 spiro atoms. The van der Waals surface area contributed by atoms with Crippen LogP contribution >= 0.6 is 79.5 Å². The number of methoxy groups -OCH3 is 5. The van der Waals surface area contributed by atoms with E-state index >= 15 is 0 Å². The number of halogens is 1. The molecule has 13 N–H and O–H groups in total. The smallest absolute Gasteiger partial charge is 0.407 e. The number of thioether (sulfide) groups is 3. The van der Waals surface area contributed by atoms with Crippen LogP contribution in [0.25, 0.3) is 0 Å². The van der Waals surface area contributed by atoms with Crippen molar-refractivity contribution in [3.05, 3.63) is 79.7 Å². The Bertz CT molecular complexity index is 4890. The van der Waals surface area contributed by atoms with Gasteiger partial charge in [-0.05, 0) is 157 Å². The van der Waals surface area contributed by atoms with Crippen molar-refractivity contribution in [3.63, 3.8) is 0 Å². The molecule has 43 nitrogen and oxygen atoms in total. The summed E-state index contributed by atoms with van der Waals surface area (Å²) in [6.45, 7) is 20.4.